The summed E-state index contributed by atoms with van der Waals surface area (Å²) in [5.74, 6) is -0.592. The fraction of sp³-hybridized carbons (Fsp3) is 0.867. The zero-order valence-corrected chi connectivity index (χ0v) is 33.4. The van der Waals surface area contributed by atoms with Crippen LogP contribution in [0.1, 0.15) is 232 Å². The average Bonchev–Trinajstić information content (AvgIpc) is 3.12. The van der Waals surface area contributed by atoms with Crippen LogP contribution < -0.4 is 0 Å². The topological polar surface area (TPSA) is 72.8 Å². The van der Waals surface area contributed by atoms with Crippen molar-refractivity contribution in [3.05, 3.63) is 24.3 Å². The molecule has 1 atom stereocenters. The molecule has 0 aromatic heterocycles. The number of ether oxygens (including phenoxy) is 2. The van der Waals surface area contributed by atoms with Crippen LogP contribution in [-0.4, -0.2) is 36.4 Å². The van der Waals surface area contributed by atoms with Gasteiger partial charge in [-0.3, -0.25) is 9.59 Å². The number of rotatable bonds is 40. The van der Waals surface area contributed by atoms with E-state index >= 15 is 0 Å². The summed E-state index contributed by atoms with van der Waals surface area (Å²) in [6, 6.07) is 0. The maximum atomic E-state index is 12.2. The molecule has 0 amide bonds. The van der Waals surface area contributed by atoms with E-state index in [-0.39, 0.29) is 25.2 Å². The van der Waals surface area contributed by atoms with Gasteiger partial charge in [-0.15, -0.1) is 0 Å². The molecule has 0 saturated heterocycles. The molecule has 0 aliphatic rings. The van der Waals surface area contributed by atoms with Gasteiger partial charge in [-0.25, -0.2) is 0 Å². The van der Waals surface area contributed by atoms with Gasteiger partial charge in [0.05, 0.1) is 6.61 Å². The van der Waals surface area contributed by atoms with Gasteiger partial charge in [-0.1, -0.05) is 179 Å². The van der Waals surface area contributed by atoms with E-state index in [1.54, 1.807) is 0 Å². The molecule has 0 heterocycles. The molecule has 5 nitrogen and oxygen atoms in total. The van der Waals surface area contributed by atoms with Crippen molar-refractivity contribution in [3.8, 4) is 0 Å². The average molecular weight is 705 g/mol. The Kier molecular flexibility index (Phi) is 40.4. The number of aliphatic hydroxyl groups is 1. The fourth-order valence-corrected chi connectivity index (χ4v) is 6.37. The summed E-state index contributed by atoms with van der Waals surface area (Å²) in [6.45, 7) is 4.15. The highest BCUT2D eigenvalue weighted by Gasteiger charge is 2.16. The van der Waals surface area contributed by atoms with Crippen LogP contribution in [0.25, 0.3) is 0 Å². The molecule has 0 fully saturated rings. The van der Waals surface area contributed by atoms with Crippen molar-refractivity contribution in [1.29, 1.82) is 0 Å². The second-order valence-electron chi connectivity index (χ2n) is 14.8. The molecule has 0 radical (unpaired) electrons. The fourth-order valence-electron chi connectivity index (χ4n) is 6.37. The van der Waals surface area contributed by atoms with Crippen LogP contribution in [0, 0.1) is 0 Å². The highest BCUT2D eigenvalue weighted by Crippen LogP contribution is 2.14. The minimum absolute atomic E-state index is 0.0666. The molecule has 0 aromatic rings. The van der Waals surface area contributed by atoms with E-state index in [9.17, 15) is 14.7 Å². The first-order valence-electron chi connectivity index (χ1n) is 21.9. The summed E-state index contributed by atoms with van der Waals surface area (Å²) in [7, 11) is 0. The Labute approximate surface area is 311 Å². The van der Waals surface area contributed by atoms with E-state index in [0.717, 1.165) is 38.5 Å². The lowest BCUT2D eigenvalue weighted by Gasteiger charge is -2.15. The summed E-state index contributed by atoms with van der Waals surface area (Å²) in [4.78, 5) is 24.3. The standard InChI is InChI=1S/C45H84O5/c1-3-5-7-9-11-13-15-17-19-21-23-25-27-29-31-33-35-37-39-44(47)49-42-43(41-46)50-45(48)40-38-36-34-32-30-28-26-24-22-20-18-16-14-12-10-8-6-4-2/h19-22,43,46H,3-18,23-42H2,1-2H3/b21-19-,22-20-. The lowest BCUT2D eigenvalue weighted by atomic mass is 10.1. The third-order valence-corrected chi connectivity index (χ3v) is 9.72. The molecule has 0 aliphatic heterocycles. The van der Waals surface area contributed by atoms with Gasteiger partial charge >= 0.3 is 11.9 Å². The lowest BCUT2D eigenvalue weighted by Crippen LogP contribution is -2.28. The molecule has 0 saturated carbocycles. The number of carbonyl (C=O) groups is 2. The predicted octanol–water partition coefficient (Wildman–Crippen LogP) is 13.8. The maximum Gasteiger partial charge on any atom is 0.306 e. The first kappa shape index (κ1) is 48.4. The third kappa shape index (κ3) is 39.2. The SMILES string of the molecule is CCCCCCCCC/C=C\CCCCCCCCCC(=O)OCC(CO)OC(=O)CCCCCCCCC/C=C\CCCCCCCCC. The van der Waals surface area contributed by atoms with Gasteiger partial charge in [0.1, 0.15) is 6.61 Å². The van der Waals surface area contributed by atoms with Crippen LogP contribution >= 0.6 is 0 Å². The van der Waals surface area contributed by atoms with Crippen molar-refractivity contribution < 1.29 is 24.2 Å². The Balaban J connectivity index is 3.52. The van der Waals surface area contributed by atoms with Crippen LogP contribution in [0.2, 0.25) is 0 Å². The van der Waals surface area contributed by atoms with Crippen molar-refractivity contribution in [3.63, 3.8) is 0 Å². The van der Waals surface area contributed by atoms with E-state index in [4.69, 9.17) is 9.47 Å². The molecular weight excluding hydrogens is 620 g/mol. The Morgan fingerprint density at radius 2 is 0.740 bits per heavy atom. The number of aliphatic hydroxyl groups excluding tert-OH is 1. The number of carbonyl (C=O) groups excluding carboxylic acids is 2. The van der Waals surface area contributed by atoms with Crippen LogP contribution in [-0.2, 0) is 19.1 Å². The number of hydrogen-bond acceptors (Lipinski definition) is 5. The van der Waals surface area contributed by atoms with E-state index in [1.807, 2.05) is 0 Å². The third-order valence-electron chi connectivity index (χ3n) is 9.72. The maximum absolute atomic E-state index is 12.2. The van der Waals surface area contributed by atoms with Crippen LogP contribution in [0.4, 0.5) is 0 Å². The largest absolute Gasteiger partial charge is 0.462 e. The monoisotopic (exact) mass is 705 g/mol. The van der Waals surface area contributed by atoms with Gasteiger partial charge in [-0.2, -0.15) is 0 Å². The molecular formula is C45H84O5. The van der Waals surface area contributed by atoms with Gasteiger partial charge in [0, 0.05) is 12.8 Å². The highest BCUT2D eigenvalue weighted by molar-refractivity contribution is 5.70. The molecule has 294 valence electrons. The van der Waals surface area contributed by atoms with Crippen molar-refractivity contribution in [1.82, 2.24) is 0 Å². The van der Waals surface area contributed by atoms with E-state index in [2.05, 4.69) is 38.2 Å². The molecule has 0 aliphatic carbocycles. The molecule has 50 heavy (non-hydrogen) atoms. The molecule has 1 unspecified atom stereocenters. The Hall–Kier alpha value is -1.62. The summed E-state index contributed by atoms with van der Waals surface area (Å²) in [6.07, 6.45) is 49.6. The molecule has 0 aromatic carbocycles. The van der Waals surface area contributed by atoms with Crippen molar-refractivity contribution >= 4 is 11.9 Å². The van der Waals surface area contributed by atoms with Crippen molar-refractivity contribution in [2.24, 2.45) is 0 Å². The minimum Gasteiger partial charge on any atom is -0.462 e. The van der Waals surface area contributed by atoms with E-state index in [0.29, 0.717) is 12.8 Å². The summed E-state index contributed by atoms with van der Waals surface area (Å²) < 4.78 is 10.6. The summed E-state index contributed by atoms with van der Waals surface area (Å²) in [5, 5.41) is 9.58. The number of hydrogen-bond donors (Lipinski definition) is 1. The van der Waals surface area contributed by atoms with Crippen LogP contribution in [0.3, 0.4) is 0 Å². The normalized spacial score (nSPS) is 12.3. The molecule has 5 heteroatoms. The van der Waals surface area contributed by atoms with Gasteiger partial charge < -0.3 is 14.6 Å². The second kappa shape index (κ2) is 41.8. The second-order valence-corrected chi connectivity index (χ2v) is 14.8. The van der Waals surface area contributed by atoms with Gasteiger partial charge in [0.2, 0.25) is 0 Å². The summed E-state index contributed by atoms with van der Waals surface area (Å²) in [5.41, 5.74) is 0. The first-order valence-corrected chi connectivity index (χ1v) is 21.9. The van der Waals surface area contributed by atoms with E-state index in [1.165, 1.54) is 167 Å². The number of esters is 2. The zero-order chi connectivity index (χ0) is 36.4. The first-order chi connectivity index (χ1) is 24.6. The lowest BCUT2D eigenvalue weighted by molar-refractivity contribution is -0.161. The van der Waals surface area contributed by atoms with Crippen LogP contribution in [0.5, 0.6) is 0 Å². The quantitative estimate of drug-likeness (QED) is 0.0390. The summed E-state index contributed by atoms with van der Waals surface area (Å²) >= 11 is 0. The Morgan fingerprint density at radius 1 is 0.440 bits per heavy atom. The van der Waals surface area contributed by atoms with Crippen LogP contribution in [0.15, 0.2) is 24.3 Å². The minimum atomic E-state index is -0.772. The smallest absolute Gasteiger partial charge is 0.306 e. The van der Waals surface area contributed by atoms with Crippen molar-refractivity contribution in [2.75, 3.05) is 13.2 Å². The molecule has 0 rings (SSSR count). The molecule has 1 N–H and O–H groups in total. The van der Waals surface area contributed by atoms with Gasteiger partial charge in [-0.05, 0) is 64.2 Å². The number of allylic oxidation sites excluding steroid dienone is 4. The van der Waals surface area contributed by atoms with Gasteiger partial charge in [0.15, 0.2) is 6.10 Å². The van der Waals surface area contributed by atoms with Gasteiger partial charge in [0.25, 0.3) is 0 Å². The Morgan fingerprint density at radius 3 is 1.08 bits per heavy atom. The highest BCUT2D eigenvalue weighted by atomic mass is 16.6. The predicted molar refractivity (Wildman–Crippen MR) is 215 cm³/mol. The molecule has 0 spiro atoms. The number of unbranched alkanes of at least 4 members (excludes halogenated alkanes) is 28. The van der Waals surface area contributed by atoms with E-state index < -0.39 is 6.10 Å². The van der Waals surface area contributed by atoms with Crippen molar-refractivity contribution in [2.45, 2.75) is 238 Å². The Bertz CT molecular complexity index is 761. The molecule has 0 bridgehead atoms. The zero-order valence-electron chi connectivity index (χ0n) is 33.4.